The number of fused-ring (bicyclic) bond motifs is 4. The van der Waals surface area contributed by atoms with Gasteiger partial charge in [0.15, 0.2) is 0 Å². The van der Waals surface area contributed by atoms with Crippen molar-refractivity contribution < 1.29 is 32.6 Å². The average molecular weight is 563 g/mol. The molecule has 2 amide bonds. The lowest BCUT2D eigenvalue weighted by Gasteiger charge is -2.44. The number of aliphatic carboxylic acids is 1. The highest BCUT2D eigenvalue weighted by atomic mass is 19.4. The predicted octanol–water partition coefficient (Wildman–Crippen LogP) is 4.20. The molecule has 216 valence electrons. The minimum absolute atomic E-state index is 0.00478. The van der Waals surface area contributed by atoms with Crippen LogP contribution in [-0.2, 0) is 11.3 Å². The lowest BCUT2D eigenvalue weighted by atomic mass is 9.80. The van der Waals surface area contributed by atoms with Crippen LogP contribution in [0.5, 0.6) is 5.75 Å². The summed E-state index contributed by atoms with van der Waals surface area (Å²) in [5.74, 6) is -0.611. The predicted molar refractivity (Wildman–Crippen MR) is 140 cm³/mol. The third-order valence-corrected chi connectivity index (χ3v) is 8.33. The normalized spacial score (nSPS) is 24.7. The number of amides is 2. The number of halogens is 3. The van der Waals surface area contributed by atoms with Gasteiger partial charge in [0.2, 0.25) is 0 Å². The standard InChI is InChI=1S/C28H33F3N4O5/c29-28(30,31)40-23-6-4-22(5-7-23)32-27(39)34-11-9-19(13-26(37)38)20(17-34)8-10-33-14-18-12-21(16-33)24-2-1-3-25(36)35(24)15-18/h1-7,18-21H,8-17H2,(H,32,39)(H,37,38)/t18-,19-,20-,21+/m0/s1. The first-order valence-electron chi connectivity index (χ1n) is 13.6. The van der Waals surface area contributed by atoms with Gasteiger partial charge >= 0.3 is 18.4 Å². The molecule has 0 aliphatic carbocycles. The lowest BCUT2D eigenvalue weighted by Crippen LogP contribution is -2.49. The van der Waals surface area contributed by atoms with E-state index in [0.29, 0.717) is 37.7 Å². The quantitative estimate of drug-likeness (QED) is 0.524. The Balaban J connectivity index is 1.19. The maximum atomic E-state index is 13.0. The van der Waals surface area contributed by atoms with E-state index in [1.54, 1.807) is 11.0 Å². The van der Waals surface area contributed by atoms with Gasteiger partial charge in [-0.15, -0.1) is 13.2 Å². The first-order chi connectivity index (χ1) is 19.0. The van der Waals surface area contributed by atoms with Gasteiger partial charge in [-0.25, -0.2) is 4.79 Å². The molecule has 0 radical (unpaired) electrons. The van der Waals surface area contributed by atoms with Crippen molar-refractivity contribution >= 4 is 17.7 Å². The van der Waals surface area contributed by atoms with Crippen molar-refractivity contribution in [3.63, 3.8) is 0 Å². The monoisotopic (exact) mass is 562 g/mol. The molecule has 4 atom stereocenters. The number of alkyl halides is 3. The number of carbonyl (C=O) groups excluding carboxylic acids is 1. The average Bonchev–Trinajstić information content (AvgIpc) is 2.88. The fraction of sp³-hybridized carbons (Fsp3) is 0.536. The van der Waals surface area contributed by atoms with Gasteiger partial charge in [-0.2, -0.15) is 0 Å². The van der Waals surface area contributed by atoms with Crippen LogP contribution in [0.1, 0.15) is 37.3 Å². The second-order valence-electron chi connectivity index (χ2n) is 11.1. The van der Waals surface area contributed by atoms with Gasteiger partial charge < -0.3 is 29.5 Å². The number of aromatic nitrogens is 1. The lowest BCUT2D eigenvalue weighted by molar-refractivity contribution is -0.274. The summed E-state index contributed by atoms with van der Waals surface area (Å²) in [4.78, 5) is 40.9. The van der Waals surface area contributed by atoms with E-state index in [1.165, 1.54) is 12.1 Å². The van der Waals surface area contributed by atoms with E-state index >= 15 is 0 Å². The molecule has 0 spiro atoms. The first-order valence-corrected chi connectivity index (χ1v) is 13.6. The maximum absolute atomic E-state index is 13.0. The zero-order valence-corrected chi connectivity index (χ0v) is 22.0. The van der Waals surface area contributed by atoms with Gasteiger partial charge in [-0.05, 0) is 73.9 Å². The van der Waals surface area contributed by atoms with Gasteiger partial charge in [-0.1, -0.05) is 6.07 Å². The van der Waals surface area contributed by atoms with Crippen LogP contribution >= 0.6 is 0 Å². The molecule has 4 heterocycles. The number of carboxylic acid groups (broad SMARTS) is 1. The number of nitrogens with zero attached hydrogens (tertiary/aromatic N) is 3. The molecule has 1 aromatic carbocycles. The molecule has 2 fully saturated rings. The number of urea groups is 1. The highest BCUT2D eigenvalue weighted by molar-refractivity contribution is 5.89. The molecule has 9 nitrogen and oxygen atoms in total. The summed E-state index contributed by atoms with van der Waals surface area (Å²) in [6, 6.07) is 10.0. The summed E-state index contributed by atoms with van der Waals surface area (Å²) < 4.78 is 43.0. The highest BCUT2D eigenvalue weighted by Gasteiger charge is 2.37. The number of nitrogens with one attached hydrogen (secondary N) is 1. The van der Waals surface area contributed by atoms with Crippen molar-refractivity contribution in [1.82, 2.24) is 14.4 Å². The zero-order chi connectivity index (χ0) is 28.4. The molecule has 40 heavy (non-hydrogen) atoms. The van der Waals surface area contributed by atoms with Crippen LogP contribution in [0.15, 0.2) is 47.3 Å². The number of carbonyl (C=O) groups is 2. The third kappa shape index (κ3) is 6.78. The molecule has 3 aliphatic rings. The topological polar surface area (TPSA) is 104 Å². The van der Waals surface area contributed by atoms with Crippen molar-refractivity contribution in [3.8, 4) is 5.75 Å². The van der Waals surface area contributed by atoms with E-state index in [2.05, 4.69) is 15.0 Å². The smallest absolute Gasteiger partial charge is 0.481 e. The van der Waals surface area contributed by atoms with E-state index in [4.69, 9.17) is 0 Å². The number of anilines is 1. The minimum atomic E-state index is -4.79. The molecule has 5 rings (SSSR count). The number of likely N-dealkylation sites (tertiary alicyclic amines) is 2. The SMILES string of the molecule is O=C(O)C[C@@H]1CCN(C(=O)Nc2ccc(OC(F)(F)F)cc2)C[C@@H]1CCN1C[C@@H]2C[C@H](C1)c1cccc(=O)n1C2. The number of benzene rings is 1. The number of rotatable bonds is 7. The van der Waals surface area contributed by atoms with Crippen LogP contribution in [0.3, 0.4) is 0 Å². The molecule has 3 aliphatic heterocycles. The molecule has 2 aromatic rings. The second-order valence-corrected chi connectivity index (χ2v) is 11.1. The van der Waals surface area contributed by atoms with Crippen LogP contribution in [-0.4, -0.2) is 70.6 Å². The molecule has 2 saturated heterocycles. The number of carboxylic acids is 1. The Hall–Kier alpha value is -3.54. The Bertz CT molecular complexity index is 1280. The summed E-state index contributed by atoms with van der Waals surface area (Å²) in [5.41, 5.74) is 1.46. The van der Waals surface area contributed by atoms with Crippen molar-refractivity contribution in [2.75, 3.05) is 38.0 Å². The molecule has 2 N–H and O–H groups in total. The highest BCUT2D eigenvalue weighted by Crippen LogP contribution is 2.36. The second kappa shape index (κ2) is 11.5. The Morgan fingerprint density at radius 3 is 2.52 bits per heavy atom. The Kier molecular flexibility index (Phi) is 8.07. The number of hydrogen-bond donors (Lipinski definition) is 2. The molecule has 0 unspecified atom stereocenters. The Labute approximate surface area is 229 Å². The molecule has 0 saturated carbocycles. The van der Waals surface area contributed by atoms with Crippen molar-refractivity contribution in [2.45, 2.75) is 44.5 Å². The van der Waals surface area contributed by atoms with Gasteiger partial charge in [0.25, 0.3) is 5.56 Å². The molecular formula is C28H33F3N4O5. The van der Waals surface area contributed by atoms with E-state index in [0.717, 1.165) is 50.3 Å². The van der Waals surface area contributed by atoms with Crippen LogP contribution < -0.4 is 15.6 Å². The first kappa shape index (κ1) is 28.0. The number of piperidine rings is 2. The molecule has 2 bridgehead atoms. The Morgan fingerprint density at radius 1 is 1.02 bits per heavy atom. The summed E-state index contributed by atoms with van der Waals surface area (Å²) in [6.07, 6.45) is -2.39. The summed E-state index contributed by atoms with van der Waals surface area (Å²) in [5, 5.41) is 12.2. The van der Waals surface area contributed by atoms with Crippen molar-refractivity contribution in [2.24, 2.45) is 17.8 Å². The maximum Gasteiger partial charge on any atom is 0.573 e. The van der Waals surface area contributed by atoms with Gasteiger partial charge in [0.05, 0.1) is 0 Å². The zero-order valence-electron chi connectivity index (χ0n) is 22.0. The van der Waals surface area contributed by atoms with Crippen LogP contribution in [0.2, 0.25) is 0 Å². The molecule has 1 aromatic heterocycles. The van der Waals surface area contributed by atoms with E-state index in [9.17, 15) is 32.7 Å². The van der Waals surface area contributed by atoms with Crippen LogP contribution in [0, 0.1) is 17.8 Å². The van der Waals surface area contributed by atoms with Gasteiger partial charge in [-0.3, -0.25) is 9.59 Å². The van der Waals surface area contributed by atoms with Gasteiger partial charge in [0, 0.05) is 62.5 Å². The van der Waals surface area contributed by atoms with Crippen LogP contribution in [0.4, 0.5) is 23.7 Å². The molecule has 12 heteroatoms. The summed E-state index contributed by atoms with van der Waals surface area (Å²) >= 11 is 0. The fourth-order valence-electron chi connectivity index (χ4n) is 6.55. The fourth-order valence-corrected chi connectivity index (χ4v) is 6.55. The van der Waals surface area contributed by atoms with Crippen LogP contribution in [0.25, 0.3) is 0 Å². The van der Waals surface area contributed by atoms with E-state index in [1.807, 2.05) is 16.7 Å². The van der Waals surface area contributed by atoms with Crippen molar-refractivity contribution in [1.29, 1.82) is 0 Å². The van der Waals surface area contributed by atoms with E-state index in [-0.39, 0.29) is 41.5 Å². The van der Waals surface area contributed by atoms with E-state index < -0.39 is 12.3 Å². The molecular weight excluding hydrogens is 529 g/mol. The van der Waals surface area contributed by atoms with Gasteiger partial charge in [0.1, 0.15) is 5.75 Å². The number of ether oxygens (including phenoxy) is 1. The largest absolute Gasteiger partial charge is 0.573 e. The van der Waals surface area contributed by atoms with Crippen molar-refractivity contribution in [3.05, 3.63) is 58.5 Å². The number of pyridine rings is 1. The summed E-state index contributed by atoms with van der Waals surface area (Å²) in [6.45, 7) is 4.01. The third-order valence-electron chi connectivity index (χ3n) is 8.33. The summed E-state index contributed by atoms with van der Waals surface area (Å²) in [7, 11) is 0. The minimum Gasteiger partial charge on any atom is -0.481 e. The number of hydrogen-bond acceptors (Lipinski definition) is 5. The Morgan fingerprint density at radius 2 is 1.80 bits per heavy atom.